The Morgan fingerprint density at radius 2 is 1.81 bits per heavy atom. The third-order valence-electron chi connectivity index (χ3n) is 4.02. The number of nitrogens with zero attached hydrogens (tertiary/aromatic N) is 1. The molecule has 1 aliphatic heterocycles. The first-order valence-corrected chi connectivity index (χ1v) is 9.94. The van der Waals surface area contributed by atoms with E-state index in [1.54, 1.807) is 6.26 Å². The number of thioether (sulfide) groups is 1. The van der Waals surface area contributed by atoms with Gasteiger partial charge >= 0.3 is 0 Å². The minimum absolute atomic E-state index is 0.233. The largest absolute Gasteiger partial charge is 0.468 e. The van der Waals surface area contributed by atoms with Crippen LogP contribution < -0.4 is 0 Å². The van der Waals surface area contributed by atoms with Crippen LogP contribution in [0.4, 0.5) is 0 Å². The molecule has 1 aliphatic rings. The van der Waals surface area contributed by atoms with Crippen LogP contribution in [0.5, 0.6) is 0 Å². The number of furan rings is 1. The molecule has 0 fully saturated rings. The zero-order valence-electron chi connectivity index (χ0n) is 13.8. The van der Waals surface area contributed by atoms with Crippen molar-refractivity contribution >= 4 is 40.5 Å². The molecule has 0 saturated carbocycles. The van der Waals surface area contributed by atoms with Crippen molar-refractivity contribution < 1.29 is 14.0 Å². The Bertz CT molecular complexity index is 944. The number of amides is 2. The molecule has 3 heterocycles. The van der Waals surface area contributed by atoms with Gasteiger partial charge in [-0.3, -0.25) is 14.5 Å². The SMILES string of the molecule is O=C1C(SCc2ccco2)=C(c2cccs2)C(=O)N1Cc1ccccc1. The number of hydrogen-bond acceptors (Lipinski definition) is 5. The van der Waals surface area contributed by atoms with Gasteiger partial charge < -0.3 is 4.42 Å². The fourth-order valence-corrected chi connectivity index (χ4v) is 4.63. The molecule has 26 heavy (non-hydrogen) atoms. The lowest BCUT2D eigenvalue weighted by Gasteiger charge is -2.15. The van der Waals surface area contributed by atoms with Gasteiger partial charge in [0.15, 0.2) is 0 Å². The molecule has 0 saturated heterocycles. The topological polar surface area (TPSA) is 50.5 Å². The van der Waals surface area contributed by atoms with Crippen molar-refractivity contribution in [2.75, 3.05) is 0 Å². The highest BCUT2D eigenvalue weighted by Gasteiger charge is 2.39. The first-order valence-electron chi connectivity index (χ1n) is 8.07. The molecule has 130 valence electrons. The molecule has 2 amide bonds. The van der Waals surface area contributed by atoms with Gasteiger partial charge in [0.05, 0.1) is 29.0 Å². The lowest BCUT2D eigenvalue weighted by Crippen LogP contribution is -2.30. The van der Waals surface area contributed by atoms with Crippen LogP contribution in [-0.4, -0.2) is 16.7 Å². The Hall–Kier alpha value is -2.57. The molecule has 0 N–H and O–H groups in total. The van der Waals surface area contributed by atoms with Crippen molar-refractivity contribution in [1.29, 1.82) is 0 Å². The summed E-state index contributed by atoms with van der Waals surface area (Å²) in [6.45, 7) is 0.276. The normalized spacial score (nSPS) is 14.5. The minimum atomic E-state index is -0.237. The summed E-state index contributed by atoms with van der Waals surface area (Å²) < 4.78 is 5.35. The first-order chi connectivity index (χ1) is 12.7. The van der Waals surface area contributed by atoms with Gasteiger partial charge in [-0.15, -0.1) is 23.1 Å². The van der Waals surface area contributed by atoms with Crippen molar-refractivity contribution in [1.82, 2.24) is 4.90 Å². The summed E-state index contributed by atoms with van der Waals surface area (Å²) in [5, 5.41) is 1.91. The van der Waals surface area contributed by atoms with E-state index in [1.807, 2.05) is 60.0 Å². The predicted octanol–water partition coefficient (Wildman–Crippen LogP) is 4.55. The lowest BCUT2D eigenvalue weighted by atomic mass is 10.2. The van der Waals surface area contributed by atoms with Crippen LogP contribution in [0.15, 0.2) is 75.6 Å². The Morgan fingerprint density at radius 1 is 0.962 bits per heavy atom. The molecule has 0 spiro atoms. The molecule has 6 heteroatoms. The van der Waals surface area contributed by atoms with Crippen LogP contribution in [0.2, 0.25) is 0 Å². The summed E-state index contributed by atoms with van der Waals surface area (Å²) in [5.74, 6) is 0.812. The van der Waals surface area contributed by atoms with E-state index in [-0.39, 0.29) is 18.4 Å². The van der Waals surface area contributed by atoms with E-state index in [9.17, 15) is 9.59 Å². The summed E-state index contributed by atoms with van der Waals surface area (Å²) in [5.41, 5.74) is 1.43. The quantitative estimate of drug-likeness (QED) is 0.588. The van der Waals surface area contributed by atoms with E-state index in [0.29, 0.717) is 16.2 Å². The zero-order valence-corrected chi connectivity index (χ0v) is 15.4. The molecule has 2 aromatic heterocycles. The Kier molecular flexibility index (Phi) is 4.77. The van der Waals surface area contributed by atoms with E-state index >= 15 is 0 Å². The first kappa shape index (κ1) is 16.9. The summed E-state index contributed by atoms with van der Waals surface area (Å²) in [6.07, 6.45) is 1.60. The molecule has 4 nitrogen and oxygen atoms in total. The monoisotopic (exact) mass is 381 g/mol. The van der Waals surface area contributed by atoms with Gasteiger partial charge in [0.2, 0.25) is 0 Å². The number of imide groups is 1. The van der Waals surface area contributed by atoms with Crippen LogP contribution in [-0.2, 0) is 21.9 Å². The lowest BCUT2D eigenvalue weighted by molar-refractivity contribution is -0.137. The summed E-state index contributed by atoms with van der Waals surface area (Å²) in [6, 6.07) is 17.0. The highest BCUT2D eigenvalue weighted by atomic mass is 32.2. The van der Waals surface area contributed by atoms with Crippen LogP contribution in [0, 0.1) is 0 Å². The summed E-state index contributed by atoms with van der Waals surface area (Å²) >= 11 is 2.82. The van der Waals surface area contributed by atoms with E-state index in [0.717, 1.165) is 16.2 Å². The Morgan fingerprint density at radius 3 is 2.50 bits per heavy atom. The fourth-order valence-electron chi connectivity index (χ4n) is 2.77. The third-order valence-corrected chi connectivity index (χ3v) is 6.00. The third kappa shape index (κ3) is 3.25. The van der Waals surface area contributed by atoms with E-state index < -0.39 is 0 Å². The molecule has 1 aromatic carbocycles. The smallest absolute Gasteiger partial charge is 0.268 e. The average Bonchev–Trinajstić information content (AvgIpc) is 3.39. The maximum absolute atomic E-state index is 13.0. The van der Waals surface area contributed by atoms with E-state index in [4.69, 9.17) is 4.42 Å². The number of rotatable bonds is 6. The van der Waals surface area contributed by atoms with Gasteiger partial charge in [-0.25, -0.2) is 0 Å². The number of benzene rings is 1. The second-order valence-corrected chi connectivity index (χ2v) is 7.66. The molecule has 0 aliphatic carbocycles. The molecule has 4 rings (SSSR count). The summed E-state index contributed by atoms with van der Waals surface area (Å²) in [4.78, 5) is 28.6. The van der Waals surface area contributed by atoms with Crippen molar-refractivity contribution in [3.8, 4) is 0 Å². The zero-order chi connectivity index (χ0) is 17.9. The Balaban J connectivity index is 1.64. The van der Waals surface area contributed by atoms with Gasteiger partial charge in [0.25, 0.3) is 11.8 Å². The number of carbonyl (C=O) groups is 2. The predicted molar refractivity (Wildman–Crippen MR) is 103 cm³/mol. The van der Waals surface area contributed by atoms with Crippen LogP contribution in [0.1, 0.15) is 16.2 Å². The second-order valence-electron chi connectivity index (χ2n) is 5.73. The van der Waals surface area contributed by atoms with Crippen molar-refractivity contribution in [3.05, 3.63) is 87.3 Å². The highest BCUT2D eigenvalue weighted by Crippen LogP contribution is 2.39. The minimum Gasteiger partial charge on any atom is -0.468 e. The standard InChI is InChI=1S/C20H15NO3S2/c22-19-17(16-9-5-11-25-16)18(26-13-15-8-4-10-24-15)20(23)21(19)12-14-6-2-1-3-7-14/h1-11H,12-13H2. The molecule has 3 aromatic rings. The van der Waals surface area contributed by atoms with E-state index in [1.165, 1.54) is 28.0 Å². The highest BCUT2D eigenvalue weighted by molar-refractivity contribution is 8.03. The van der Waals surface area contributed by atoms with Gasteiger partial charge in [0, 0.05) is 4.88 Å². The van der Waals surface area contributed by atoms with Crippen LogP contribution in [0.3, 0.4) is 0 Å². The molecule has 0 radical (unpaired) electrons. The molecule has 0 atom stereocenters. The molecule has 0 unspecified atom stereocenters. The van der Waals surface area contributed by atoms with Gasteiger partial charge in [0.1, 0.15) is 5.76 Å². The van der Waals surface area contributed by atoms with Gasteiger partial charge in [-0.1, -0.05) is 36.4 Å². The van der Waals surface area contributed by atoms with Gasteiger partial charge in [-0.05, 0) is 29.1 Å². The maximum atomic E-state index is 13.0. The number of thiophene rings is 1. The molecular formula is C20H15NO3S2. The second kappa shape index (κ2) is 7.35. The van der Waals surface area contributed by atoms with Crippen molar-refractivity contribution in [2.45, 2.75) is 12.3 Å². The average molecular weight is 381 g/mol. The van der Waals surface area contributed by atoms with E-state index in [2.05, 4.69) is 0 Å². The number of carbonyl (C=O) groups excluding carboxylic acids is 2. The van der Waals surface area contributed by atoms with Crippen LogP contribution in [0.25, 0.3) is 5.57 Å². The number of hydrogen-bond donors (Lipinski definition) is 0. The van der Waals surface area contributed by atoms with Crippen molar-refractivity contribution in [3.63, 3.8) is 0 Å². The maximum Gasteiger partial charge on any atom is 0.268 e. The molecule has 0 bridgehead atoms. The molecular weight excluding hydrogens is 366 g/mol. The fraction of sp³-hybridized carbons (Fsp3) is 0.100. The van der Waals surface area contributed by atoms with Crippen molar-refractivity contribution in [2.24, 2.45) is 0 Å². The summed E-state index contributed by atoms with van der Waals surface area (Å²) in [7, 11) is 0. The van der Waals surface area contributed by atoms with Gasteiger partial charge in [-0.2, -0.15) is 0 Å². The Labute approximate surface area is 159 Å². The van der Waals surface area contributed by atoms with Crippen LogP contribution >= 0.6 is 23.1 Å².